The molecule has 18 heavy (non-hydrogen) atoms. The number of hydrogen-bond acceptors (Lipinski definition) is 3. The Bertz CT molecular complexity index is 401. The third-order valence-electron chi connectivity index (χ3n) is 2.75. The van der Waals surface area contributed by atoms with E-state index in [2.05, 4.69) is 6.92 Å². The monoisotopic (exact) mass is 252 g/mol. The molecule has 0 radical (unpaired) electrons. The molecule has 0 aliphatic rings. The quantitative estimate of drug-likeness (QED) is 0.758. The number of rotatable bonds is 7. The first-order valence-electron chi connectivity index (χ1n) is 6.05. The normalized spacial score (nSPS) is 12.2. The zero-order chi connectivity index (χ0) is 13.5. The van der Waals surface area contributed by atoms with Gasteiger partial charge in [-0.25, -0.2) is 4.79 Å². The van der Waals surface area contributed by atoms with Crippen LogP contribution < -0.4 is 4.74 Å². The first-order chi connectivity index (χ1) is 8.50. The van der Waals surface area contributed by atoms with Crippen molar-refractivity contribution in [2.45, 2.75) is 33.3 Å². The number of benzene rings is 1. The fourth-order valence-corrected chi connectivity index (χ4v) is 1.38. The maximum atomic E-state index is 10.5. The topological polar surface area (TPSA) is 55.8 Å². The van der Waals surface area contributed by atoms with Crippen LogP contribution in [0.5, 0.6) is 5.75 Å². The second-order valence-corrected chi connectivity index (χ2v) is 4.30. The van der Waals surface area contributed by atoms with Crippen molar-refractivity contribution in [2.75, 3.05) is 13.2 Å². The lowest BCUT2D eigenvalue weighted by molar-refractivity contribution is -0.149. The summed E-state index contributed by atoms with van der Waals surface area (Å²) in [6.45, 7) is 6.53. The minimum absolute atomic E-state index is 0.387. The van der Waals surface area contributed by atoms with E-state index < -0.39 is 12.1 Å². The van der Waals surface area contributed by atoms with Gasteiger partial charge in [0.2, 0.25) is 0 Å². The van der Waals surface area contributed by atoms with Crippen LogP contribution in [0, 0.1) is 13.8 Å². The van der Waals surface area contributed by atoms with E-state index in [4.69, 9.17) is 14.6 Å². The first-order valence-corrected chi connectivity index (χ1v) is 6.05. The summed E-state index contributed by atoms with van der Waals surface area (Å²) in [5.74, 6) is -0.102. The standard InChI is InChI=1S/C14H20O4/c1-10-5-6-13(9-11(10)2)18-8-4-7-17-12(3)14(15)16/h5-6,9,12H,4,7-8H2,1-3H3,(H,15,16)/t12-/m1/s1. The molecule has 0 aromatic heterocycles. The van der Waals surface area contributed by atoms with Gasteiger partial charge >= 0.3 is 5.97 Å². The number of aryl methyl sites for hydroxylation is 2. The maximum Gasteiger partial charge on any atom is 0.332 e. The van der Waals surface area contributed by atoms with E-state index in [1.165, 1.54) is 18.1 Å². The van der Waals surface area contributed by atoms with Crippen molar-refractivity contribution in [1.82, 2.24) is 0 Å². The summed E-state index contributed by atoms with van der Waals surface area (Å²) in [6, 6.07) is 5.95. The van der Waals surface area contributed by atoms with Crippen LogP contribution in [-0.2, 0) is 9.53 Å². The van der Waals surface area contributed by atoms with E-state index in [9.17, 15) is 4.79 Å². The molecule has 1 atom stereocenters. The molecule has 0 aliphatic heterocycles. The van der Waals surface area contributed by atoms with Gasteiger partial charge in [-0.1, -0.05) is 6.07 Å². The summed E-state index contributed by atoms with van der Waals surface area (Å²) in [7, 11) is 0. The molecule has 0 fully saturated rings. The fraction of sp³-hybridized carbons (Fsp3) is 0.500. The van der Waals surface area contributed by atoms with Crippen molar-refractivity contribution >= 4 is 5.97 Å². The van der Waals surface area contributed by atoms with E-state index in [1.807, 2.05) is 25.1 Å². The van der Waals surface area contributed by atoms with Crippen LogP contribution in [0.15, 0.2) is 18.2 Å². The zero-order valence-electron chi connectivity index (χ0n) is 11.1. The molecule has 1 aromatic rings. The molecule has 0 saturated heterocycles. The molecule has 100 valence electrons. The van der Waals surface area contributed by atoms with Gasteiger partial charge < -0.3 is 14.6 Å². The molecular weight excluding hydrogens is 232 g/mol. The Morgan fingerprint density at radius 2 is 2.00 bits per heavy atom. The van der Waals surface area contributed by atoms with Crippen molar-refractivity contribution in [3.63, 3.8) is 0 Å². The Labute approximate surface area is 108 Å². The average molecular weight is 252 g/mol. The molecule has 0 saturated carbocycles. The predicted octanol–water partition coefficient (Wildman–Crippen LogP) is 2.56. The molecule has 4 heteroatoms. The highest BCUT2D eigenvalue weighted by Gasteiger charge is 2.09. The third-order valence-corrected chi connectivity index (χ3v) is 2.75. The molecule has 0 bridgehead atoms. The summed E-state index contributed by atoms with van der Waals surface area (Å²) in [5, 5.41) is 8.62. The highest BCUT2D eigenvalue weighted by atomic mass is 16.5. The molecule has 0 unspecified atom stereocenters. The lowest BCUT2D eigenvalue weighted by Gasteiger charge is -2.10. The second-order valence-electron chi connectivity index (χ2n) is 4.30. The van der Waals surface area contributed by atoms with Crippen LogP contribution in [0.25, 0.3) is 0 Å². The van der Waals surface area contributed by atoms with Crippen LogP contribution in [0.4, 0.5) is 0 Å². The van der Waals surface area contributed by atoms with Gasteiger partial charge in [0.25, 0.3) is 0 Å². The van der Waals surface area contributed by atoms with Crippen LogP contribution >= 0.6 is 0 Å². The minimum Gasteiger partial charge on any atom is -0.493 e. The van der Waals surface area contributed by atoms with E-state index in [1.54, 1.807) is 0 Å². The van der Waals surface area contributed by atoms with Gasteiger partial charge in [-0.2, -0.15) is 0 Å². The van der Waals surface area contributed by atoms with Crippen LogP contribution in [-0.4, -0.2) is 30.4 Å². The Balaban J connectivity index is 2.22. The van der Waals surface area contributed by atoms with Crippen molar-refractivity contribution in [1.29, 1.82) is 0 Å². The van der Waals surface area contributed by atoms with E-state index >= 15 is 0 Å². The Morgan fingerprint density at radius 1 is 1.28 bits per heavy atom. The molecule has 1 rings (SSSR count). The summed E-state index contributed by atoms with van der Waals surface area (Å²) in [4.78, 5) is 10.5. The summed E-state index contributed by atoms with van der Waals surface area (Å²) in [5.41, 5.74) is 2.43. The van der Waals surface area contributed by atoms with Crippen molar-refractivity contribution in [3.05, 3.63) is 29.3 Å². The largest absolute Gasteiger partial charge is 0.493 e. The number of ether oxygens (including phenoxy) is 2. The van der Waals surface area contributed by atoms with Gasteiger partial charge in [-0.15, -0.1) is 0 Å². The van der Waals surface area contributed by atoms with Crippen molar-refractivity contribution in [3.8, 4) is 5.75 Å². The lowest BCUT2D eigenvalue weighted by Crippen LogP contribution is -2.20. The first kappa shape index (κ1) is 14.5. The molecule has 0 amide bonds. The van der Waals surface area contributed by atoms with Gasteiger partial charge in [-0.3, -0.25) is 0 Å². The SMILES string of the molecule is Cc1ccc(OCCCO[C@H](C)C(=O)O)cc1C. The molecule has 0 heterocycles. The summed E-state index contributed by atoms with van der Waals surface area (Å²) < 4.78 is 10.7. The van der Waals surface area contributed by atoms with Crippen LogP contribution in [0.2, 0.25) is 0 Å². The number of hydrogen-bond donors (Lipinski definition) is 1. The Morgan fingerprint density at radius 3 is 2.61 bits per heavy atom. The zero-order valence-corrected chi connectivity index (χ0v) is 11.1. The number of carboxylic acid groups (broad SMARTS) is 1. The summed E-state index contributed by atoms with van der Waals surface area (Å²) in [6.07, 6.45) is -0.0866. The van der Waals surface area contributed by atoms with E-state index in [-0.39, 0.29) is 0 Å². The number of carbonyl (C=O) groups is 1. The Hall–Kier alpha value is -1.55. The second kappa shape index (κ2) is 7.01. The molecule has 1 N–H and O–H groups in total. The van der Waals surface area contributed by atoms with Gasteiger partial charge in [0, 0.05) is 6.42 Å². The van der Waals surface area contributed by atoms with Gasteiger partial charge in [-0.05, 0) is 44.0 Å². The number of aliphatic carboxylic acids is 1. The van der Waals surface area contributed by atoms with E-state index in [0.29, 0.717) is 19.6 Å². The van der Waals surface area contributed by atoms with Gasteiger partial charge in [0.05, 0.1) is 13.2 Å². The van der Waals surface area contributed by atoms with Crippen molar-refractivity contribution < 1.29 is 19.4 Å². The van der Waals surface area contributed by atoms with E-state index in [0.717, 1.165) is 5.75 Å². The maximum absolute atomic E-state index is 10.5. The molecule has 1 aromatic carbocycles. The minimum atomic E-state index is -0.940. The van der Waals surface area contributed by atoms with Crippen LogP contribution in [0.1, 0.15) is 24.5 Å². The third kappa shape index (κ3) is 4.75. The average Bonchev–Trinajstić information content (AvgIpc) is 2.32. The molecule has 4 nitrogen and oxygen atoms in total. The molecule has 0 spiro atoms. The fourth-order valence-electron chi connectivity index (χ4n) is 1.38. The van der Waals surface area contributed by atoms with Gasteiger partial charge in [0.1, 0.15) is 5.75 Å². The van der Waals surface area contributed by atoms with Gasteiger partial charge in [0.15, 0.2) is 6.10 Å². The lowest BCUT2D eigenvalue weighted by atomic mass is 10.1. The smallest absolute Gasteiger partial charge is 0.332 e. The highest BCUT2D eigenvalue weighted by Crippen LogP contribution is 2.16. The predicted molar refractivity (Wildman–Crippen MR) is 69.1 cm³/mol. The number of carboxylic acids is 1. The van der Waals surface area contributed by atoms with Crippen molar-refractivity contribution in [2.24, 2.45) is 0 Å². The summed E-state index contributed by atoms with van der Waals surface area (Å²) >= 11 is 0. The van der Waals surface area contributed by atoms with Crippen LogP contribution in [0.3, 0.4) is 0 Å². The highest BCUT2D eigenvalue weighted by molar-refractivity contribution is 5.71. The molecule has 0 aliphatic carbocycles. The molecular formula is C14H20O4. The Kier molecular flexibility index (Phi) is 5.65.